The number of methoxy groups -OCH3 is 1. The predicted octanol–water partition coefficient (Wildman–Crippen LogP) is 4.01. The monoisotopic (exact) mass is 488 g/mol. The Balaban J connectivity index is 1.62. The maximum atomic E-state index is 13.6. The van der Waals surface area contributed by atoms with Crippen LogP contribution in [0.2, 0.25) is 0 Å². The van der Waals surface area contributed by atoms with E-state index in [2.05, 4.69) is 0 Å². The van der Waals surface area contributed by atoms with Crippen molar-refractivity contribution in [2.75, 3.05) is 26.8 Å². The van der Waals surface area contributed by atoms with E-state index in [0.717, 1.165) is 11.1 Å². The van der Waals surface area contributed by atoms with Crippen LogP contribution in [0.3, 0.4) is 0 Å². The van der Waals surface area contributed by atoms with E-state index in [4.69, 9.17) is 13.6 Å². The van der Waals surface area contributed by atoms with Crippen molar-refractivity contribution in [1.82, 2.24) is 9.80 Å². The van der Waals surface area contributed by atoms with Gasteiger partial charge >= 0.3 is 0 Å². The van der Waals surface area contributed by atoms with Crippen molar-refractivity contribution in [3.8, 4) is 0 Å². The number of ether oxygens (including phenoxy) is 1. The van der Waals surface area contributed by atoms with Crippen molar-refractivity contribution in [3.63, 3.8) is 0 Å². The highest BCUT2D eigenvalue weighted by atomic mass is 16.5. The number of benzene rings is 2. The SMILES string of the molecule is COCCN(CC(=O)N(Cc1ccccc1)Cc1coc2ccc(C)cc2c1=O)C(=O)c1ccco1. The summed E-state index contributed by atoms with van der Waals surface area (Å²) in [7, 11) is 1.53. The number of nitrogens with zero attached hydrogens (tertiary/aromatic N) is 2. The summed E-state index contributed by atoms with van der Waals surface area (Å²) >= 11 is 0. The molecule has 2 aromatic carbocycles. The number of hydrogen-bond acceptors (Lipinski definition) is 6. The van der Waals surface area contributed by atoms with Crippen molar-refractivity contribution in [1.29, 1.82) is 0 Å². The van der Waals surface area contributed by atoms with E-state index in [-0.39, 0.29) is 49.9 Å². The van der Waals surface area contributed by atoms with Crippen LogP contribution in [-0.4, -0.2) is 48.4 Å². The molecule has 0 saturated carbocycles. The van der Waals surface area contributed by atoms with Crippen LogP contribution in [-0.2, 0) is 22.6 Å². The average Bonchev–Trinajstić information content (AvgIpc) is 3.43. The summed E-state index contributed by atoms with van der Waals surface area (Å²) in [5.41, 5.74) is 2.50. The predicted molar refractivity (Wildman–Crippen MR) is 134 cm³/mol. The summed E-state index contributed by atoms with van der Waals surface area (Å²) in [6.45, 7) is 2.46. The Hall–Kier alpha value is -4.17. The number of amides is 2. The number of carbonyl (C=O) groups excluding carboxylic acids is 2. The third kappa shape index (κ3) is 5.90. The maximum absolute atomic E-state index is 13.6. The van der Waals surface area contributed by atoms with Crippen LogP contribution < -0.4 is 5.43 Å². The second kappa shape index (κ2) is 11.5. The normalized spacial score (nSPS) is 10.9. The molecule has 0 saturated heterocycles. The fourth-order valence-corrected chi connectivity index (χ4v) is 3.91. The Bertz CT molecular complexity index is 1380. The van der Waals surface area contributed by atoms with Gasteiger partial charge in [0.2, 0.25) is 5.91 Å². The van der Waals surface area contributed by atoms with Gasteiger partial charge in [-0.25, -0.2) is 0 Å². The van der Waals surface area contributed by atoms with Gasteiger partial charge in [-0.15, -0.1) is 0 Å². The lowest BCUT2D eigenvalue weighted by Crippen LogP contribution is -2.44. The van der Waals surface area contributed by atoms with Gasteiger partial charge in [0, 0.05) is 20.2 Å². The summed E-state index contributed by atoms with van der Waals surface area (Å²) < 4.78 is 16.1. The smallest absolute Gasteiger partial charge is 0.290 e. The number of aryl methyl sites for hydroxylation is 1. The number of rotatable bonds is 10. The molecule has 8 nitrogen and oxygen atoms in total. The van der Waals surface area contributed by atoms with Gasteiger partial charge in [-0.3, -0.25) is 14.4 Å². The maximum Gasteiger partial charge on any atom is 0.290 e. The summed E-state index contributed by atoms with van der Waals surface area (Å²) in [4.78, 5) is 42.7. The number of furan rings is 1. The molecule has 0 atom stereocenters. The van der Waals surface area contributed by atoms with Gasteiger partial charge in [-0.2, -0.15) is 0 Å². The summed E-state index contributed by atoms with van der Waals surface area (Å²) in [5, 5.41) is 0.467. The first-order valence-corrected chi connectivity index (χ1v) is 11.6. The van der Waals surface area contributed by atoms with Crippen molar-refractivity contribution in [2.24, 2.45) is 0 Å². The fraction of sp³-hybridized carbons (Fsp3) is 0.250. The Labute approximate surface area is 208 Å². The molecule has 0 aliphatic heterocycles. The molecule has 4 rings (SSSR count). The van der Waals surface area contributed by atoms with Crippen molar-refractivity contribution >= 4 is 22.8 Å². The van der Waals surface area contributed by atoms with E-state index in [0.29, 0.717) is 16.5 Å². The Morgan fingerprint density at radius 2 is 1.75 bits per heavy atom. The van der Waals surface area contributed by atoms with Gasteiger partial charge in [0.05, 0.1) is 36.6 Å². The van der Waals surface area contributed by atoms with Crippen LogP contribution >= 0.6 is 0 Å². The highest BCUT2D eigenvalue weighted by Gasteiger charge is 2.25. The van der Waals surface area contributed by atoms with Gasteiger partial charge in [0.1, 0.15) is 12.1 Å². The zero-order valence-corrected chi connectivity index (χ0v) is 20.3. The van der Waals surface area contributed by atoms with Crippen LogP contribution in [0.25, 0.3) is 11.0 Å². The summed E-state index contributed by atoms with van der Waals surface area (Å²) in [6, 6.07) is 18.1. The fourth-order valence-electron chi connectivity index (χ4n) is 3.91. The number of fused-ring (bicyclic) bond motifs is 1. The van der Waals surface area contributed by atoms with E-state index in [1.807, 2.05) is 43.3 Å². The first-order valence-electron chi connectivity index (χ1n) is 11.6. The average molecular weight is 489 g/mol. The molecular formula is C28H28N2O6. The quantitative estimate of drug-likeness (QED) is 0.335. The minimum absolute atomic E-state index is 0.0347. The first kappa shape index (κ1) is 24.9. The number of carbonyl (C=O) groups is 2. The number of hydrogen-bond donors (Lipinski definition) is 0. The topological polar surface area (TPSA) is 93.2 Å². The molecule has 36 heavy (non-hydrogen) atoms. The lowest BCUT2D eigenvalue weighted by Gasteiger charge is -2.27. The molecule has 0 spiro atoms. The Morgan fingerprint density at radius 1 is 0.944 bits per heavy atom. The van der Waals surface area contributed by atoms with Crippen LogP contribution in [0.4, 0.5) is 0 Å². The first-order chi connectivity index (χ1) is 17.5. The lowest BCUT2D eigenvalue weighted by atomic mass is 10.1. The largest absolute Gasteiger partial charge is 0.464 e. The van der Waals surface area contributed by atoms with Crippen LogP contribution in [0, 0.1) is 6.92 Å². The van der Waals surface area contributed by atoms with E-state index < -0.39 is 5.91 Å². The second-order valence-electron chi connectivity index (χ2n) is 8.52. The highest BCUT2D eigenvalue weighted by Crippen LogP contribution is 2.16. The van der Waals surface area contributed by atoms with E-state index in [1.54, 1.807) is 29.2 Å². The molecule has 0 unspecified atom stereocenters. The van der Waals surface area contributed by atoms with Gasteiger partial charge < -0.3 is 23.4 Å². The van der Waals surface area contributed by atoms with Crippen LogP contribution in [0.15, 0.2) is 86.8 Å². The minimum atomic E-state index is -0.411. The van der Waals surface area contributed by atoms with E-state index in [1.165, 1.54) is 24.5 Å². The molecule has 186 valence electrons. The molecule has 0 N–H and O–H groups in total. The molecule has 8 heteroatoms. The van der Waals surface area contributed by atoms with E-state index in [9.17, 15) is 14.4 Å². The van der Waals surface area contributed by atoms with Gasteiger partial charge in [-0.1, -0.05) is 42.0 Å². The van der Waals surface area contributed by atoms with Gasteiger partial charge in [0.25, 0.3) is 5.91 Å². The Kier molecular flexibility index (Phi) is 7.97. The lowest BCUT2D eigenvalue weighted by molar-refractivity contribution is -0.133. The molecule has 2 heterocycles. The van der Waals surface area contributed by atoms with Crippen LogP contribution in [0.5, 0.6) is 0 Å². The third-order valence-electron chi connectivity index (χ3n) is 5.84. The minimum Gasteiger partial charge on any atom is -0.464 e. The summed E-state index contributed by atoms with van der Waals surface area (Å²) in [5.74, 6) is -0.594. The molecule has 2 amide bonds. The zero-order valence-electron chi connectivity index (χ0n) is 20.3. The second-order valence-corrected chi connectivity index (χ2v) is 8.52. The molecule has 0 aliphatic rings. The Morgan fingerprint density at radius 3 is 2.47 bits per heavy atom. The standard InChI is InChI=1S/C28H28N2O6/c1-20-10-11-24-23(15-20)27(32)22(19-36-24)17-30(16-21-7-4-3-5-8-21)26(31)18-29(12-14-34-2)28(33)25-9-6-13-35-25/h3-11,13,15,19H,12,14,16-18H2,1-2H3. The zero-order chi connectivity index (χ0) is 25.5. The van der Waals surface area contributed by atoms with Crippen molar-refractivity contribution < 1.29 is 23.2 Å². The highest BCUT2D eigenvalue weighted by molar-refractivity contribution is 5.94. The van der Waals surface area contributed by atoms with E-state index >= 15 is 0 Å². The molecule has 2 aromatic heterocycles. The molecule has 0 radical (unpaired) electrons. The molecule has 4 aromatic rings. The van der Waals surface area contributed by atoms with Gasteiger partial charge in [0.15, 0.2) is 11.2 Å². The summed E-state index contributed by atoms with van der Waals surface area (Å²) in [6.07, 6.45) is 2.81. The van der Waals surface area contributed by atoms with Crippen molar-refractivity contribution in [3.05, 3.63) is 106 Å². The molecular weight excluding hydrogens is 460 g/mol. The van der Waals surface area contributed by atoms with Crippen molar-refractivity contribution in [2.45, 2.75) is 20.0 Å². The molecule has 0 aliphatic carbocycles. The molecule has 0 bridgehead atoms. The van der Waals surface area contributed by atoms with Gasteiger partial charge in [-0.05, 0) is 36.8 Å². The third-order valence-corrected chi connectivity index (χ3v) is 5.84. The van der Waals surface area contributed by atoms with Crippen LogP contribution in [0.1, 0.15) is 27.2 Å². The molecule has 0 fully saturated rings.